The second-order valence-corrected chi connectivity index (χ2v) is 4.73. The van der Waals surface area contributed by atoms with Crippen molar-refractivity contribution in [2.75, 3.05) is 5.73 Å². The second-order valence-electron chi connectivity index (χ2n) is 3.82. The van der Waals surface area contributed by atoms with Crippen LogP contribution in [-0.2, 0) is 0 Å². The highest BCUT2D eigenvalue weighted by Crippen LogP contribution is 2.39. The number of hydrogen-bond donors (Lipinski definition) is 1. The van der Waals surface area contributed by atoms with Crippen molar-refractivity contribution in [2.45, 2.75) is 18.8 Å². The van der Waals surface area contributed by atoms with Crippen LogP contribution in [0.4, 0.5) is 5.82 Å². The van der Waals surface area contributed by atoms with Crippen molar-refractivity contribution in [3.63, 3.8) is 0 Å². The Labute approximate surface area is 100 Å². The molecule has 1 aliphatic rings. The van der Waals surface area contributed by atoms with E-state index in [0.717, 1.165) is 23.1 Å². The van der Waals surface area contributed by atoms with E-state index in [-0.39, 0.29) is 0 Å². The van der Waals surface area contributed by atoms with E-state index in [1.165, 1.54) is 0 Å². The summed E-state index contributed by atoms with van der Waals surface area (Å²) >= 11 is 3.33. The monoisotopic (exact) mass is 280 g/mol. The molecule has 0 aromatic carbocycles. The number of nitrogens with zero attached hydrogens (tertiary/aromatic N) is 3. The summed E-state index contributed by atoms with van der Waals surface area (Å²) in [6, 6.07) is 1.83. The number of rotatable bonds is 2. The molecule has 1 fully saturated rings. The fraction of sp³-hybridized carbons (Fsp3) is 0.300. The zero-order chi connectivity index (χ0) is 11.1. The smallest absolute Gasteiger partial charge is 0.261 e. The maximum Gasteiger partial charge on any atom is 0.261 e. The van der Waals surface area contributed by atoms with Gasteiger partial charge >= 0.3 is 0 Å². The first-order valence-electron chi connectivity index (χ1n) is 4.99. The minimum absolute atomic E-state index is 0.397. The van der Waals surface area contributed by atoms with E-state index in [1.807, 2.05) is 6.07 Å². The second kappa shape index (κ2) is 3.55. The van der Waals surface area contributed by atoms with Crippen LogP contribution in [0.5, 0.6) is 0 Å². The van der Waals surface area contributed by atoms with Crippen LogP contribution in [0.1, 0.15) is 24.6 Å². The van der Waals surface area contributed by atoms with Gasteiger partial charge in [-0.05, 0) is 34.8 Å². The van der Waals surface area contributed by atoms with Crippen LogP contribution < -0.4 is 5.73 Å². The van der Waals surface area contributed by atoms with Crippen LogP contribution in [0.3, 0.4) is 0 Å². The van der Waals surface area contributed by atoms with Gasteiger partial charge in [0.1, 0.15) is 5.82 Å². The van der Waals surface area contributed by atoms with Crippen molar-refractivity contribution in [1.29, 1.82) is 0 Å². The maximum absolute atomic E-state index is 5.76. The Hall–Kier alpha value is -1.43. The Morgan fingerprint density at radius 2 is 2.25 bits per heavy atom. The number of pyridine rings is 1. The van der Waals surface area contributed by atoms with E-state index in [0.29, 0.717) is 23.2 Å². The third kappa shape index (κ3) is 1.69. The van der Waals surface area contributed by atoms with Crippen LogP contribution in [-0.4, -0.2) is 15.1 Å². The van der Waals surface area contributed by atoms with Crippen molar-refractivity contribution in [3.8, 4) is 11.5 Å². The molecular formula is C10H9BrN4O. The van der Waals surface area contributed by atoms with Crippen molar-refractivity contribution in [1.82, 2.24) is 15.1 Å². The molecule has 0 amide bonds. The fourth-order valence-corrected chi connectivity index (χ4v) is 1.80. The van der Waals surface area contributed by atoms with Gasteiger partial charge < -0.3 is 10.3 Å². The molecule has 5 nitrogen and oxygen atoms in total. The van der Waals surface area contributed by atoms with E-state index < -0.39 is 0 Å². The lowest BCUT2D eigenvalue weighted by atomic mass is 10.2. The number of aromatic nitrogens is 3. The molecule has 2 N–H and O–H groups in total. The Morgan fingerprint density at radius 3 is 3.00 bits per heavy atom. The molecule has 2 heterocycles. The largest absolute Gasteiger partial charge is 0.383 e. The van der Waals surface area contributed by atoms with Crippen LogP contribution in [0, 0.1) is 0 Å². The van der Waals surface area contributed by atoms with Gasteiger partial charge in [-0.2, -0.15) is 4.98 Å². The van der Waals surface area contributed by atoms with Gasteiger partial charge in [0.15, 0.2) is 5.82 Å². The van der Waals surface area contributed by atoms with Crippen LogP contribution in [0.15, 0.2) is 21.3 Å². The van der Waals surface area contributed by atoms with Crippen molar-refractivity contribution in [3.05, 3.63) is 22.6 Å². The Bertz CT molecular complexity index is 535. The van der Waals surface area contributed by atoms with Gasteiger partial charge in [-0.1, -0.05) is 5.16 Å². The average molecular weight is 281 g/mol. The third-order valence-electron chi connectivity index (χ3n) is 2.50. The molecular weight excluding hydrogens is 272 g/mol. The molecule has 3 rings (SSSR count). The first kappa shape index (κ1) is 9.77. The zero-order valence-electron chi connectivity index (χ0n) is 8.35. The summed E-state index contributed by atoms with van der Waals surface area (Å²) in [5.41, 5.74) is 6.44. The zero-order valence-corrected chi connectivity index (χ0v) is 9.94. The average Bonchev–Trinajstić information content (AvgIpc) is 3.01. The van der Waals surface area contributed by atoms with E-state index in [2.05, 4.69) is 31.1 Å². The summed E-state index contributed by atoms with van der Waals surface area (Å²) < 4.78 is 6.02. The normalized spacial score (nSPS) is 15.3. The number of halogens is 1. The number of hydrogen-bond acceptors (Lipinski definition) is 5. The van der Waals surface area contributed by atoms with Crippen LogP contribution >= 0.6 is 15.9 Å². The molecule has 0 atom stereocenters. The topological polar surface area (TPSA) is 77.8 Å². The van der Waals surface area contributed by atoms with Gasteiger partial charge in [0.05, 0.1) is 5.56 Å². The minimum Gasteiger partial charge on any atom is -0.383 e. The number of nitrogen functional groups attached to an aromatic ring is 1. The molecule has 0 unspecified atom stereocenters. The summed E-state index contributed by atoms with van der Waals surface area (Å²) in [5, 5.41) is 3.94. The molecule has 82 valence electrons. The SMILES string of the molecule is Nc1ncc(Br)cc1-c1nc(C2CC2)no1. The molecule has 0 spiro atoms. The summed E-state index contributed by atoms with van der Waals surface area (Å²) in [7, 11) is 0. The minimum atomic E-state index is 0.397. The standard InChI is InChI=1S/C10H9BrN4O/c11-6-3-7(8(12)13-4-6)10-14-9(15-16-10)5-1-2-5/h3-5H,1-2H2,(H2,12,13). The Balaban J connectivity index is 2.03. The molecule has 16 heavy (non-hydrogen) atoms. The van der Waals surface area contributed by atoms with E-state index >= 15 is 0 Å². The third-order valence-corrected chi connectivity index (χ3v) is 2.93. The van der Waals surface area contributed by atoms with Crippen molar-refractivity contribution >= 4 is 21.7 Å². The Morgan fingerprint density at radius 1 is 1.44 bits per heavy atom. The molecule has 2 aromatic heterocycles. The molecule has 0 radical (unpaired) electrons. The van der Waals surface area contributed by atoms with Gasteiger partial charge in [-0.15, -0.1) is 0 Å². The highest BCUT2D eigenvalue weighted by atomic mass is 79.9. The van der Waals surface area contributed by atoms with Gasteiger partial charge in [0, 0.05) is 16.6 Å². The molecule has 0 aliphatic heterocycles. The predicted octanol–water partition coefficient (Wildman–Crippen LogP) is 2.35. The first-order chi connectivity index (χ1) is 7.74. The van der Waals surface area contributed by atoms with Crippen LogP contribution in [0.2, 0.25) is 0 Å². The highest BCUT2D eigenvalue weighted by molar-refractivity contribution is 9.10. The summed E-state index contributed by atoms with van der Waals surface area (Å²) in [5.74, 6) is 2.08. The predicted molar refractivity (Wildman–Crippen MR) is 61.6 cm³/mol. The molecule has 0 bridgehead atoms. The number of nitrogens with two attached hydrogens (primary N) is 1. The van der Waals surface area contributed by atoms with Crippen LogP contribution in [0.25, 0.3) is 11.5 Å². The van der Waals surface area contributed by atoms with Gasteiger partial charge in [-0.25, -0.2) is 4.98 Å². The lowest BCUT2D eigenvalue weighted by Crippen LogP contribution is -1.94. The molecule has 1 saturated carbocycles. The molecule has 0 saturated heterocycles. The summed E-state index contributed by atoms with van der Waals surface area (Å²) in [4.78, 5) is 8.35. The lowest BCUT2D eigenvalue weighted by molar-refractivity contribution is 0.423. The van der Waals surface area contributed by atoms with E-state index in [4.69, 9.17) is 10.3 Å². The number of anilines is 1. The molecule has 6 heteroatoms. The fourth-order valence-electron chi connectivity index (χ4n) is 1.47. The Kier molecular flexibility index (Phi) is 2.17. The van der Waals surface area contributed by atoms with Gasteiger partial charge in [0.2, 0.25) is 0 Å². The van der Waals surface area contributed by atoms with Gasteiger partial charge in [-0.3, -0.25) is 0 Å². The maximum atomic E-state index is 5.76. The molecule has 1 aliphatic carbocycles. The molecule has 2 aromatic rings. The van der Waals surface area contributed by atoms with E-state index in [9.17, 15) is 0 Å². The summed E-state index contributed by atoms with van der Waals surface area (Å²) in [6.45, 7) is 0. The summed E-state index contributed by atoms with van der Waals surface area (Å²) in [6.07, 6.45) is 3.92. The highest BCUT2D eigenvalue weighted by Gasteiger charge is 2.29. The van der Waals surface area contributed by atoms with E-state index in [1.54, 1.807) is 6.20 Å². The van der Waals surface area contributed by atoms with Crippen molar-refractivity contribution < 1.29 is 4.52 Å². The van der Waals surface area contributed by atoms with Gasteiger partial charge in [0.25, 0.3) is 5.89 Å². The first-order valence-corrected chi connectivity index (χ1v) is 5.78. The quantitative estimate of drug-likeness (QED) is 0.914. The van der Waals surface area contributed by atoms with Crippen molar-refractivity contribution in [2.24, 2.45) is 0 Å². The lowest BCUT2D eigenvalue weighted by Gasteiger charge is -1.99.